The van der Waals surface area contributed by atoms with Crippen molar-refractivity contribution in [2.45, 2.75) is 38.5 Å². The summed E-state index contributed by atoms with van der Waals surface area (Å²) in [6, 6.07) is 6.82. The van der Waals surface area contributed by atoms with Gasteiger partial charge in [0.1, 0.15) is 11.6 Å². The third kappa shape index (κ3) is 3.10. The molecule has 3 nitrogen and oxygen atoms in total. The third-order valence-corrected chi connectivity index (χ3v) is 4.81. The van der Waals surface area contributed by atoms with Crippen molar-refractivity contribution < 1.29 is 0 Å². The second kappa shape index (κ2) is 6.32. The van der Waals surface area contributed by atoms with Crippen LogP contribution in [0.2, 0.25) is 0 Å². The molecule has 4 heteroatoms. The first-order chi connectivity index (χ1) is 8.72. The lowest BCUT2D eigenvalue weighted by atomic mass is 10.2. The van der Waals surface area contributed by atoms with Crippen LogP contribution in [0.4, 0.5) is 11.6 Å². The van der Waals surface area contributed by atoms with Crippen LogP contribution in [-0.4, -0.2) is 35.1 Å². The molecule has 1 aromatic heterocycles. The Balaban J connectivity index is 2.11. The maximum Gasteiger partial charge on any atom is 0.131 e. The van der Waals surface area contributed by atoms with E-state index >= 15 is 0 Å². The number of aromatic nitrogens is 1. The highest BCUT2D eigenvalue weighted by atomic mass is 32.2. The van der Waals surface area contributed by atoms with E-state index in [1.165, 1.54) is 5.75 Å². The molecule has 1 fully saturated rings. The van der Waals surface area contributed by atoms with Gasteiger partial charge in [-0.1, -0.05) is 19.9 Å². The molecule has 2 heterocycles. The van der Waals surface area contributed by atoms with Crippen molar-refractivity contribution in [3.63, 3.8) is 0 Å². The van der Waals surface area contributed by atoms with Crippen LogP contribution in [-0.2, 0) is 0 Å². The number of hydrogen-bond donors (Lipinski definition) is 1. The minimum absolute atomic E-state index is 0.553. The van der Waals surface area contributed by atoms with E-state index in [2.05, 4.69) is 54.9 Å². The Labute approximate surface area is 114 Å². The standard InChI is InChI=1S/C14H23N3S/c1-4-8-15-13-6-5-7-14(16-13)17-9-10-18-12(3)11(17)2/h5-7,11-12H,4,8-10H2,1-3H3,(H,15,16). The maximum absolute atomic E-state index is 4.72. The number of pyridine rings is 1. The highest BCUT2D eigenvalue weighted by Gasteiger charge is 2.26. The van der Waals surface area contributed by atoms with Gasteiger partial charge < -0.3 is 10.2 Å². The van der Waals surface area contributed by atoms with Gasteiger partial charge >= 0.3 is 0 Å². The Morgan fingerprint density at radius 1 is 1.44 bits per heavy atom. The van der Waals surface area contributed by atoms with Crippen molar-refractivity contribution in [1.29, 1.82) is 0 Å². The minimum Gasteiger partial charge on any atom is -0.370 e. The summed E-state index contributed by atoms with van der Waals surface area (Å²) in [6.45, 7) is 8.85. The fourth-order valence-electron chi connectivity index (χ4n) is 2.19. The molecule has 0 saturated carbocycles. The van der Waals surface area contributed by atoms with Crippen molar-refractivity contribution >= 4 is 23.4 Å². The van der Waals surface area contributed by atoms with Crippen molar-refractivity contribution in [3.05, 3.63) is 18.2 Å². The second-order valence-electron chi connectivity index (χ2n) is 4.82. The Morgan fingerprint density at radius 3 is 3.06 bits per heavy atom. The first kappa shape index (κ1) is 13.5. The molecule has 0 aromatic carbocycles. The van der Waals surface area contributed by atoms with Gasteiger partial charge in [0, 0.05) is 30.1 Å². The summed E-state index contributed by atoms with van der Waals surface area (Å²) in [4.78, 5) is 7.15. The molecule has 1 aliphatic rings. The van der Waals surface area contributed by atoms with Crippen molar-refractivity contribution in [1.82, 2.24) is 4.98 Å². The van der Waals surface area contributed by atoms with Crippen molar-refractivity contribution in [2.24, 2.45) is 0 Å². The predicted molar refractivity (Wildman–Crippen MR) is 81.7 cm³/mol. The van der Waals surface area contributed by atoms with E-state index in [-0.39, 0.29) is 0 Å². The summed E-state index contributed by atoms with van der Waals surface area (Å²) in [5, 5.41) is 4.03. The number of nitrogens with one attached hydrogen (secondary N) is 1. The topological polar surface area (TPSA) is 28.2 Å². The van der Waals surface area contributed by atoms with Crippen LogP contribution in [0, 0.1) is 0 Å². The normalized spacial score (nSPS) is 24.1. The molecule has 1 N–H and O–H groups in total. The average Bonchev–Trinajstić information content (AvgIpc) is 2.40. The van der Waals surface area contributed by atoms with E-state index in [0.717, 1.165) is 31.1 Å². The Bertz CT molecular complexity index is 383. The van der Waals surface area contributed by atoms with E-state index in [1.807, 2.05) is 6.07 Å². The first-order valence-electron chi connectivity index (χ1n) is 6.81. The van der Waals surface area contributed by atoms with Crippen LogP contribution in [0.3, 0.4) is 0 Å². The number of thioether (sulfide) groups is 1. The molecule has 0 radical (unpaired) electrons. The van der Waals surface area contributed by atoms with Crippen LogP contribution in [0.5, 0.6) is 0 Å². The number of hydrogen-bond acceptors (Lipinski definition) is 4. The zero-order valence-electron chi connectivity index (χ0n) is 11.5. The molecule has 18 heavy (non-hydrogen) atoms. The third-order valence-electron chi connectivity index (χ3n) is 3.47. The van der Waals surface area contributed by atoms with E-state index in [1.54, 1.807) is 0 Å². The van der Waals surface area contributed by atoms with Crippen molar-refractivity contribution in [2.75, 3.05) is 29.1 Å². The van der Waals surface area contributed by atoms with Gasteiger partial charge in [0.05, 0.1) is 0 Å². The molecular formula is C14H23N3S. The van der Waals surface area contributed by atoms with Crippen LogP contribution in [0.15, 0.2) is 18.2 Å². The lowest BCUT2D eigenvalue weighted by Crippen LogP contribution is -2.45. The van der Waals surface area contributed by atoms with E-state index in [0.29, 0.717) is 11.3 Å². The summed E-state index contributed by atoms with van der Waals surface area (Å²) in [7, 11) is 0. The largest absolute Gasteiger partial charge is 0.370 e. The van der Waals surface area contributed by atoms with Gasteiger partial charge in [-0.25, -0.2) is 4.98 Å². The monoisotopic (exact) mass is 265 g/mol. The number of nitrogens with zero attached hydrogens (tertiary/aromatic N) is 2. The van der Waals surface area contributed by atoms with E-state index in [4.69, 9.17) is 4.98 Å². The predicted octanol–water partition coefficient (Wildman–Crippen LogP) is 3.23. The van der Waals surface area contributed by atoms with Crippen LogP contribution in [0.25, 0.3) is 0 Å². The molecule has 0 amide bonds. The Hall–Kier alpha value is -0.900. The van der Waals surface area contributed by atoms with Crippen LogP contribution in [0.1, 0.15) is 27.2 Å². The molecule has 0 bridgehead atoms. The summed E-state index contributed by atoms with van der Waals surface area (Å²) in [5.41, 5.74) is 0. The summed E-state index contributed by atoms with van der Waals surface area (Å²) in [6.07, 6.45) is 1.12. The van der Waals surface area contributed by atoms with Gasteiger partial charge in [-0.05, 0) is 25.5 Å². The zero-order chi connectivity index (χ0) is 13.0. The molecule has 100 valence electrons. The van der Waals surface area contributed by atoms with E-state index < -0.39 is 0 Å². The molecule has 0 spiro atoms. The second-order valence-corrected chi connectivity index (χ2v) is 6.30. The summed E-state index contributed by atoms with van der Waals surface area (Å²) in [5.74, 6) is 3.29. The van der Waals surface area contributed by atoms with Crippen molar-refractivity contribution in [3.8, 4) is 0 Å². The quantitative estimate of drug-likeness (QED) is 0.904. The van der Waals surface area contributed by atoms with Gasteiger partial charge in [0.2, 0.25) is 0 Å². The molecule has 1 aromatic rings. The first-order valence-corrected chi connectivity index (χ1v) is 7.86. The SMILES string of the molecule is CCCNc1cccc(N2CCSC(C)C2C)n1. The van der Waals surface area contributed by atoms with Gasteiger partial charge in [0.25, 0.3) is 0 Å². The Kier molecular flexibility index (Phi) is 4.75. The molecular weight excluding hydrogens is 242 g/mol. The lowest BCUT2D eigenvalue weighted by molar-refractivity contribution is 0.620. The molecule has 2 atom stereocenters. The maximum atomic E-state index is 4.72. The van der Waals surface area contributed by atoms with Crippen LogP contribution >= 0.6 is 11.8 Å². The molecule has 0 aliphatic carbocycles. The molecule has 2 rings (SSSR count). The summed E-state index contributed by atoms with van der Waals surface area (Å²) >= 11 is 2.06. The summed E-state index contributed by atoms with van der Waals surface area (Å²) < 4.78 is 0. The molecule has 1 aliphatic heterocycles. The van der Waals surface area contributed by atoms with E-state index in [9.17, 15) is 0 Å². The number of rotatable bonds is 4. The Morgan fingerprint density at radius 2 is 2.28 bits per heavy atom. The van der Waals surface area contributed by atoms with Gasteiger partial charge in [-0.3, -0.25) is 0 Å². The van der Waals surface area contributed by atoms with Gasteiger partial charge in [0.15, 0.2) is 0 Å². The van der Waals surface area contributed by atoms with Crippen LogP contribution < -0.4 is 10.2 Å². The highest BCUT2D eigenvalue weighted by Crippen LogP contribution is 2.28. The fourth-order valence-corrected chi connectivity index (χ4v) is 3.29. The molecule has 2 unspecified atom stereocenters. The minimum atomic E-state index is 0.553. The fraction of sp³-hybridized carbons (Fsp3) is 0.643. The zero-order valence-corrected chi connectivity index (χ0v) is 12.3. The average molecular weight is 265 g/mol. The smallest absolute Gasteiger partial charge is 0.131 e. The van der Waals surface area contributed by atoms with Gasteiger partial charge in [-0.15, -0.1) is 0 Å². The van der Waals surface area contributed by atoms with Gasteiger partial charge in [-0.2, -0.15) is 11.8 Å². The molecule has 1 saturated heterocycles. The highest BCUT2D eigenvalue weighted by molar-refractivity contribution is 8.00. The lowest BCUT2D eigenvalue weighted by Gasteiger charge is -2.38. The number of anilines is 2.